The van der Waals surface area contributed by atoms with Gasteiger partial charge in [-0.3, -0.25) is 10.4 Å². The van der Waals surface area contributed by atoms with Crippen LogP contribution in [0.3, 0.4) is 0 Å². The lowest BCUT2D eigenvalue weighted by atomic mass is 9.96. The Morgan fingerprint density at radius 2 is 1.64 bits per heavy atom. The second-order valence-electron chi connectivity index (χ2n) is 8.18. The van der Waals surface area contributed by atoms with Gasteiger partial charge < -0.3 is 16.2 Å². The predicted molar refractivity (Wildman–Crippen MR) is 135 cm³/mol. The van der Waals surface area contributed by atoms with Gasteiger partial charge in [0.15, 0.2) is 5.71 Å². The lowest BCUT2D eigenvalue weighted by Gasteiger charge is -2.16. The number of nitrogens with zero attached hydrogens (tertiary/aromatic N) is 1. The molecule has 0 aliphatic carbocycles. The minimum Gasteiger partial charge on any atom is -0.490 e. The molecule has 3 aromatic carbocycles. The first-order valence-corrected chi connectivity index (χ1v) is 11.0. The number of hydrogen-bond acceptors (Lipinski definition) is 4. The van der Waals surface area contributed by atoms with Crippen molar-refractivity contribution in [2.75, 3.05) is 12.3 Å². The molecule has 0 saturated carbocycles. The van der Waals surface area contributed by atoms with Crippen LogP contribution in [0, 0.1) is 0 Å². The molecule has 0 unspecified atom stereocenters. The van der Waals surface area contributed by atoms with Gasteiger partial charge >= 0.3 is 0 Å². The highest BCUT2D eigenvalue weighted by atomic mass is 16.5. The van der Waals surface area contributed by atoms with Gasteiger partial charge in [-0.05, 0) is 35.7 Å². The third kappa shape index (κ3) is 5.45. The van der Waals surface area contributed by atoms with Crippen LogP contribution >= 0.6 is 0 Å². The van der Waals surface area contributed by atoms with Crippen LogP contribution in [0.5, 0.6) is 5.75 Å². The van der Waals surface area contributed by atoms with Crippen molar-refractivity contribution in [2.45, 2.75) is 19.4 Å². The summed E-state index contributed by atoms with van der Waals surface area (Å²) in [5.74, 6) is 0.667. The summed E-state index contributed by atoms with van der Waals surface area (Å²) in [6.07, 6.45) is 2.50. The zero-order valence-electron chi connectivity index (χ0n) is 18.7. The first-order valence-electron chi connectivity index (χ1n) is 11.0. The number of nitrogen functional groups attached to an aromatic ring is 1. The molecule has 1 aromatic heterocycles. The first kappa shape index (κ1) is 22.2. The van der Waals surface area contributed by atoms with Crippen LogP contribution in [0.2, 0.25) is 0 Å². The fraction of sp³-hybridized carbons (Fsp3) is 0.143. The molecule has 6 N–H and O–H groups in total. The maximum Gasteiger partial charge on any atom is 0.179 e. The van der Waals surface area contributed by atoms with Gasteiger partial charge in [0.2, 0.25) is 0 Å². The summed E-state index contributed by atoms with van der Waals surface area (Å²) in [7, 11) is 0. The molecule has 0 radical (unpaired) electrons. The Balaban J connectivity index is 1.64. The smallest absolute Gasteiger partial charge is 0.179 e. The largest absolute Gasteiger partial charge is 0.490 e. The highest BCUT2D eigenvalue weighted by molar-refractivity contribution is 6.00. The Kier molecular flexibility index (Phi) is 6.81. The van der Waals surface area contributed by atoms with Crippen molar-refractivity contribution in [3.63, 3.8) is 0 Å². The summed E-state index contributed by atoms with van der Waals surface area (Å²) in [5.41, 5.74) is 19.6. The molecule has 0 fully saturated rings. The highest BCUT2D eigenvalue weighted by Crippen LogP contribution is 2.34. The molecule has 166 valence electrons. The lowest BCUT2D eigenvalue weighted by molar-refractivity contribution is -0.113. The highest BCUT2D eigenvalue weighted by Gasteiger charge is 2.15. The van der Waals surface area contributed by atoms with E-state index in [0.29, 0.717) is 23.8 Å². The van der Waals surface area contributed by atoms with Gasteiger partial charge in [0.1, 0.15) is 12.4 Å². The lowest BCUT2D eigenvalue weighted by Crippen LogP contribution is -2.38. The van der Waals surface area contributed by atoms with E-state index in [2.05, 4.69) is 12.1 Å². The molecule has 0 saturated heterocycles. The van der Waals surface area contributed by atoms with Crippen molar-refractivity contribution in [1.29, 1.82) is 0 Å². The van der Waals surface area contributed by atoms with E-state index < -0.39 is 0 Å². The normalized spacial score (nSPS) is 11.7. The molecular formula is C28H29N4O+. The van der Waals surface area contributed by atoms with Crippen molar-refractivity contribution in [2.24, 2.45) is 5.73 Å². The van der Waals surface area contributed by atoms with Crippen LogP contribution in [-0.2, 0) is 6.42 Å². The molecule has 4 aromatic rings. The maximum absolute atomic E-state index is 6.32. The third-order valence-electron chi connectivity index (χ3n) is 5.50. The second kappa shape index (κ2) is 10.1. The van der Waals surface area contributed by atoms with Crippen molar-refractivity contribution >= 4 is 11.4 Å². The van der Waals surface area contributed by atoms with Crippen molar-refractivity contribution in [3.8, 4) is 28.1 Å². The zero-order chi connectivity index (χ0) is 23.2. The molecule has 0 amide bonds. The molecule has 1 atom stereocenters. The topological polar surface area (TPSA) is 99.8 Å². The zero-order valence-corrected chi connectivity index (χ0v) is 18.7. The van der Waals surface area contributed by atoms with E-state index >= 15 is 0 Å². The van der Waals surface area contributed by atoms with Gasteiger partial charge in [-0.25, -0.2) is 0 Å². The van der Waals surface area contributed by atoms with E-state index in [4.69, 9.17) is 26.6 Å². The van der Waals surface area contributed by atoms with E-state index in [0.717, 1.165) is 34.4 Å². The fourth-order valence-electron chi connectivity index (χ4n) is 3.81. The van der Waals surface area contributed by atoms with E-state index in [1.807, 2.05) is 79.7 Å². The van der Waals surface area contributed by atoms with Gasteiger partial charge in [0, 0.05) is 29.8 Å². The Hall–Kier alpha value is -3.96. The van der Waals surface area contributed by atoms with Crippen LogP contribution in [0.4, 0.5) is 5.69 Å². The fourth-order valence-corrected chi connectivity index (χ4v) is 3.81. The van der Waals surface area contributed by atoms with Gasteiger partial charge in [0.25, 0.3) is 0 Å². The number of aromatic nitrogens is 1. The SMILES string of the molecule is CC(=[NH2+])c1cc(-c2cc(OC[C@@H](N)Cc3ccccc3)cnc2-c2ccccc2)ccc1N. The number of hydrogen-bond donors (Lipinski definition) is 3. The quantitative estimate of drug-likeness (QED) is 0.290. The van der Waals surface area contributed by atoms with Gasteiger partial charge in [-0.2, -0.15) is 0 Å². The molecule has 0 aliphatic rings. The van der Waals surface area contributed by atoms with Crippen molar-refractivity contribution in [1.82, 2.24) is 4.98 Å². The number of rotatable bonds is 8. The Labute approximate surface area is 194 Å². The minimum absolute atomic E-state index is 0.123. The van der Waals surface area contributed by atoms with Crippen LogP contribution in [0.15, 0.2) is 91.1 Å². The molecular weight excluding hydrogens is 408 g/mol. The summed E-state index contributed by atoms with van der Waals surface area (Å²) in [4.78, 5) is 4.75. The molecule has 5 heteroatoms. The number of pyridine rings is 1. The molecule has 5 nitrogen and oxygen atoms in total. The van der Waals surface area contributed by atoms with Crippen molar-refractivity contribution < 1.29 is 10.1 Å². The second-order valence-corrected chi connectivity index (χ2v) is 8.18. The molecule has 0 spiro atoms. The summed E-state index contributed by atoms with van der Waals surface area (Å²) in [5, 5.41) is 6.07. The monoisotopic (exact) mass is 437 g/mol. The molecule has 4 rings (SSSR count). The number of ether oxygens (including phenoxy) is 1. The molecule has 1 heterocycles. The van der Waals surface area contributed by atoms with E-state index in [1.165, 1.54) is 5.56 Å². The average Bonchev–Trinajstić information content (AvgIpc) is 2.84. The van der Waals surface area contributed by atoms with Gasteiger partial charge in [-0.15, -0.1) is 0 Å². The number of anilines is 1. The van der Waals surface area contributed by atoms with Crippen LogP contribution in [0.25, 0.3) is 22.4 Å². The summed E-state index contributed by atoms with van der Waals surface area (Å²) in [6.45, 7) is 2.24. The van der Waals surface area contributed by atoms with Crippen LogP contribution < -0.4 is 21.6 Å². The van der Waals surface area contributed by atoms with E-state index in [9.17, 15) is 0 Å². The molecule has 33 heavy (non-hydrogen) atoms. The van der Waals surface area contributed by atoms with Crippen LogP contribution in [0.1, 0.15) is 18.1 Å². The van der Waals surface area contributed by atoms with Crippen LogP contribution in [-0.4, -0.2) is 23.3 Å². The summed E-state index contributed by atoms with van der Waals surface area (Å²) in [6, 6.07) is 28.0. The maximum atomic E-state index is 6.32. The van der Waals surface area contributed by atoms with E-state index in [-0.39, 0.29) is 6.04 Å². The summed E-state index contributed by atoms with van der Waals surface area (Å²) < 4.78 is 6.05. The van der Waals surface area contributed by atoms with E-state index in [1.54, 1.807) is 6.20 Å². The first-order chi connectivity index (χ1) is 16.0. The molecule has 0 bridgehead atoms. The summed E-state index contributed by atoms with van der Waals surface area (Å²) >= 11 is 0. The third-order valence-corrected chi connectivity index (χ3v) is 5.50. The standard InChI is InChI=1S/C28H28N4O/c1-19(29)25-15-22(12-13-27(25)31)26-16-24(17-32-28(26)21-10-6-3-7-11-21)33-18-23(30)14-20-8-4-2-5-9-20/h2-13,15-17,23,29H,14,18,30-31H2,1H3/p+1/t23-/m0/s1. The number of nitrogens with two attached hydrogens (primary N) is 3. The van der Waals surface area contributed by atoms with Crippen molar-refractivity contribution in [3.05, 3.63) is 102 Å². The Morgan fingerprint density at radius 3 is 2.33 bits per heavy atom. The number of benzene rings is 3. The average molecular weight is 438 g/mol. The van der Waals surface area contributed by atoms with Gasteiger partial charge in [0.05, 0.1) is 17.5 Å². The molecule has 0 aliphatic heterocycles. The predicted octanol–water partition coefficient (Wildman–Crippen LogP) is 3.51. The Bertz CT molecular complexity index is 1240. The van der Waals surface area contributed by atoms with Gasteiger partial charge in [-0.1, -0.05) is 66.7 Å². The Morgan fingerprint density at radius 1 is 0.939 bits per heavy atom. The minimum atomic E-state index is -0.123.